The molecule has 11 aromatic rings. The van der Waals surface area contributed by atoms with E-state index >= 15 is 0 Å². The summed E-state index contributed by atoms with van der Waals surface area (Å²) in [5.41, 5.74) is 17.1. The van der Waals surface area contributed by atoms with Gasteiger partial charge in [-0.05, 0) is 138 Å². The van der Waals surface area contributed by atoms with Gasteiger partial charge in [-0.1, -0.05) is 188 Å². The van der Waals surface area contributed by atoms with Crippen LogP contribution in [0.25, 0.3) is 88.3 Å². The van der Waals surface area contributed by atoms with Gasteiger partial charge in [0.1, 0.15) is 11.5 Å². The lowest BCUT2D eigenvalue weighted by Gasteiger charge is -2.27. The maximum Gasteiger partial charge on any atom is 0.135 e. The van der Waals surface area contributed by atoms with Crippen molar-refractivity contribution >= 4 is 38.6 Å². The van der Waals surface area contributed by atoms with Crippen LogP contribution in [0.1, 0.15) is 0 Å². The van der Waals surface area contributed by atoms with E-state index in [2.05, 4.69) is 254 Å². The van der Waals surface area contributed by atoms with Crippen LogP contribution < -0.4 is 9.64 Å². The van der Waals surface area contributed by atoms with Crippen LogP contribution in [0.3, 0.4) is 0 Å². The average molecular weight is 816 g/mol. The van der Waals surface area contributed by atoms with Crippen molar-refractivity contribution in [2.24, 2.45) is 0 Å². The zero-order chi connectivity index (χ0) is 42.4. The fraction of sp³-hybridized carbons (Fsp3) is 0. The lowest BCUT2D eigenvalue weighted by Crippen LogP contribution is -2.10. The summed E-state index contributed by atoms with van der Waals surface area (Å²) in [6.07, 6.45) is 0. The van der Waals surface area contributed by atoms with Crippen molar-refractivity contribution in [2.45, 2.75) is 0 Å². The Balaban J connectivity index is 0.997. The van der Waals surface area contributed by atoms with Gasteiger partial charge in [-0.25, -0.2) is 0 Å². The third-order valence-electron chi connectivity index (χ3n) is 12.7. The molecule has 0 aromatic heterocycles. The lowest BCUT2D eigenvalue weighted by molar-refractivity contribution is 0.488. The summed E-state index contributed by atoms with van der Waals surface area (Å²) < 4.78 is 7.00. The fourth-order valence-corrected chi connectivity index (χ4v) is 9.41. The second-order valence-electron chi connectivity index (χ2n) is 16.5. The Kier molecular flexibility index (Phi) is 9.20. The molecular formula is C62H41NO. The molecule has 2 heteroatoms. The van der Waals surface area contributed by atoms with Crippen LogP contribution in [0.2, 0.25) is 0 Å². The normalized spacial score (nSPS) is 11.6. The molecule has 0 saturated heterocycles. The highest BCUT2D eigenvalue weighted by atomic mass is 16.5. The first-order chi connectivity index (χ1) is 31.7. The summed E-state index contributed by atoms with van der Waals surface area (Å²) in [6, 6.07) is 89.6. The molecule has 11 aromatic carbocycles. The molecule has 300 valence electrons. The molecule has 0 unspecified atom stereocenters. The molecule has 2 nitrogen and oxygen atoms in total. The summed E-state index contributed by atoms with van der Waals surface area (Å²) in [5, 5.41) is 4.79. The van der Waals surface area contributed by atoms with Gasteiger partial charge in [-0.2, -0.15) is 0 Å². The summed E-state index contributed by atoms with van der Waals surface area (Å²) >= 11 is 0. The van der Waals surface area contributed by atoms with E-state index < -0.39 is 0 Å². The Labute approximate surface area is 373 Å². The highest BCUT2D eigenvalue weighted by Gasteiger charge is 2.25. The minimum absolute atomic E-state index is 0.825. The van der Waals surface area contributed by atoms with E-state index in [1.165, 1.54) is 60.7 Å². The van der Waals surface area contributed by atoms with Gasteiger partial charge in [-0.3, -0.25) is 0 Å². The van der Waals surface area contributed by atoms with E-state index in [1.54, 1.807) is 0 Å². The van der Waals surface area contributed by atoms with Gasteiger partial charge >= 0.3 is 0 Å². The molecule has 0 spiro atoms. The predicted octanol–water partition coefficient (Wildman–Crippen LogP) is 17.6. The second kappa shape index (κ2) is 15.8. The van der Waals surface area contributed by atoms with Crippen LogP contribution in [-0.4, -0.2) is 0 Å². The van der Waals surface area contributed by atoms with E-state index in [0.717, 1.165) is 56.2 Å². The molecular weight excluding hydrogens is 775 g/mol. The van der Waals surface area contributed by atoms with Gasteiger partial charge in [0.25, 0.3) is 0 Å². The van der Waals surface area contributed by atoms with Crippen LogP contribution in [0.5, 0.6) is 11.5 Å². The minimum atomic E-state index is 0.825. The van der Waals surface area contributed by atoms with E-state index in [1.807, 2.05) is 0 Å². The van der Waals surface area contributed by atoms with Crippen molar-refractivity contribution in [2.75, 3.05) is 4.90 Å². The van der Waals surface area contributed by atoms with Gasteiger partial charge in [0.05, 0.1) is 0 Å². The number of ether oxygens (including phenoxy) is 1. The maximum atomic E-state index is 7.00. The SMILES string of the molecule is c1ccc(-c2ccc(-c3ccc(N(c4ccc(-c5ccccc5)cc4)c4ccc5c(c4)-c4ccc(-c6cccc7ccccc67)cc4-c4cc6ccccc6cc4O5)cc3)cc2)cc1. The summed E-state index contributed by atoms with van der Waals surface area (Å²) in [4.78, 5) is 2.35. The number of benzene rings is 11. The maximum absolute atomic E-state index is 7.00. The summed E-state index contributed by atoms with van der Waals surface area (Å²) in [5.74, 6) is 1.67. The number of anilines is 3. The van der Waals surface area contributed by atoms with Gasteiger partial charge < -0.3 is 9.64 Å². The smallest absolute Gasteiger partial charge is 0.135 e. The lowest BCUT2D eigenvalue weighted by atomic mass is 9.89. The van der Waals surface area contributed by atoms with Crippen LogP contribution in [-0.2, 0) is 0 Å². The Hall–Kier alpha value is -8.46. The Morgan fingerprint density at radius 2 is 0.703 bits per heavy atom. The largest absolute Gasteiger partial charge is 0.456 e. The molecule has 0 aliphatic carbocycles. The third kappa shape index (κ3) is 6.79. The van der Waals surface area contributed by atoms with E-state index in [-0.39, 0.29) is 0 Å². The van der Waals surface area contributed by atoms with E-state index in [9.17, 15) is 0 Å². The molecule has 0 radical (unpaired) electrons. The highest BCUT2D eigenvalue weighted by Crippen LogP contribution is 2.51. The van der Waals surface area contributed by atoms with Gasteiger partial charge in [-0.15, -0.1) is 0 Å². The molecule has 12 rings (SSSR count). The number of hydrogen-bond acceptors (Lipinski definition) is 2. The zero-order valence-corrected chi connectivity index (χ0v) is 35.0. The molecule has 1 aliphatic rings. The first-order valence-corrected chi connectivity index (χ1v) is 21.9. The number of hydrogen-bond donors (Lipinski definition) is 0. The summed E-state index contributed by atoms with van der Waals surface area (Å²) in [7, 11) is 0. The zero-order valence-electron chi connectivity index (χ0n) is 35.0. The van der Waals surface area contributed by atoms with Crippen molar-refractivity contribution < 1.29 is 4.74 Å². The van der Waals surface area contributed by atoms with Crippen LogP contribution >= 0.6 is 0 Å². The quantitative estimate of drug-likeness (QED) is 0.159. The number of fused-ring (bicyclic) bond motifs is 7. The van der Waals surface area contributed by atoms with Gasteiger partial charge in [0.15, 0.2) is 0 Å². The number of nitrogens with zero attached hydrogens (tertiary/aromatic N) is 1. The first-order valence-electron chi connectivity index (χ1n) is 21.9. The van der Waals surface area contributed by atoms with E-state index in [0.29, 0.717) is 0 Å². The van der Waals surface area contributed by atoms with Gasteiger partial charge in [0, 0.05) is 28.2 Å². The minimum Gasteiger partial charge on any atom is -0.456 e. The molecule has 0 amide bonds. The van der Waals surface area contributed by atoms with Crippen molar-refractivity contribution in [3.63, 3.8) is 0 Å². The van der Waals surface area contributed by atoms with Crippen LogP contribution in [0.4, 0.5) is 17.1 Å². The Morgan fingerprint density at radius 1 is 0.234 bits per heavy atom. The molecule has 0 bridgehead atoms. The monoisotopic (exact) mass is 815 g/mol. The molecule has 0 N–H and O–H groups in total. The van der Waals surface area contributed by atoms with Gasteiger partial charge in [0.2, 0.25) is 0 Å². The average Bonchev–Trinajstić information content (AvgIpc) is 3.50. The molecule has 64 heavy (non-hydrogen) atoms. The topological polar surface area (TPSA) is 12.5 Å². The van der Waals surface area contributed by atoms with Crippen molar-refractivity contribution in [1.29, 1.82) is 0 Å². The van der Waals surface area contributed by atoms with Crippen LogP contribution in [0, 0.1) is 0 Å². The number of rotatable bonds is 7. The van der Waals surface area contributed by atoms with Crippen molar-refractivity contribution in [1.82, 2.24) is 0 Å². The first kappa shape index (κ1) is 37.3. The molecule has 0 fully saturated rings. The Morgan fingerprint density at radius 3 is 1.33 bits per heavy atom. The molecule has 1 aliphatic heterocycles. The molecule has 1 heterocycles. The highest BCUT2D eigenvalue weighted by molar-refractivity contribution is 6.02. The van der Waals surface area contributed by atoms with E-state index in [4.69, 9.17) is 4.74 Å². The Bertz CT molecular complexity index is 3480. The van der Waals surface area contributed by atoms with Crippen molar-refractivity contribution in [3.8, 4) is 78.3 Å². The molecule has 0 saturated carbocycles. The van der Waals surface area contributed by atoms with Crippen molar-refractivity contribution in [3.05, 3.63) is 249 Å². The predicted molar refractivity (Wildman–Crippen MR) is 269 cm³/mol. The standard InChI is InChI=1S/C62H41NO/c1-3-12-42(13-4-1)44-22-24-45(25-23-44)47-28-33-53(34-29-47)63(52-31-26-46(27-32-52)43-14-5-2-6-15-43)54-35-37-61-60(41-54)57-36-30-51(56-21-11-19-48-16-9-10-20-55(48)56)39-58(57)59-38-49-17-7-8-18-50(49)40-62(59)64-61/h1-41H. The molecule has 0 atom stereocenters. The summed E-state index contributed by atoms with van der Waals surface area (Å²) in [6.45, 7) is 0. The fourth-order valence-electron chi connectivity index (χ4n) is 9.41. The second-order valence-corrected chi connectivity index (χ2v) is 16.5. The van der Waals surface area contributed by atoms with Crippen LogP contribution in [0.15, 0.2) is 249 Å². The third-order valence-corrected chi connectivity index (χ3v) is 12.7.